The van der Waals surface area contributed by atoms with E-state index < -0.39 is 41.2 Å². The minimum atomic E-state index is -5.36. The average molecular weight is 273 g/mol. The number of aromatic nitrogens is 1. The summed E-state index contributed by atoms with van der Waals surface area (Å²) in [7, 11) is 0.746. The Morgan fingerprint density at radius 2 is 1.94 bits per heavy atom. The Balaban J connectivity index is 3.65. The van der Waals surface area contributed by atoms with Crippen LogP contribution in [-0.2, 0) is 10.9 Å². The molecule has 0 saturated carbocycles. The summed E-state index contributed by atoms with van der Waals surface area (Å²) in [5.41, 5.74) is -5.44. The van der Waals surface area contributed by atoms with E-state index >= 15 is 0 Å². The molecule has 1 aromatic heterocycles. The van der Waals surface area contributed by atoms with Crippen LogP contribution in [0.4, 0.5) is 26.3 Å². The van der Waals surface area contributed by atoms with Crippen molar-refractivity contribution in [1.29, 1.82) is 0 Å². The monoisotopic (exact) mass is 273 g/mol. The molecule has 1 rings (SSSR count). The van der Waals surface area contributed by atoms with Gasteiger partial charge in [0.05, 0.1) is 18.9 Å². The van der Waals surface area contributed by atoms with Gasteiger partial charge in [0.1, 0.15) is 5.56 Å². The Kier molecular flexibility index (Phi) is 3.82. The van der Waals surface area contributed by atoms with Gasteiger partial charge in [0.25, 0.3) is 6.43 Å². The largest absolute Gasteiger partial charge is 0.464 e. The first-order chi connectivity index (χ1) is 8.20. The van der Waals surface area contributed by atoms with E-state index in [0.29, 0.717) is 0 Å². The van der Waals surface area contributed by atoms with Crippen LogP contribution in [0.3, 0.4) is 0 Å². The molecule has 0 aliphatic carbocycles. The molecule has 0 N–H and O–H groups in total. The molecule has 0 fully saturated rings. The van der Waals surface area contributed by atoms with Gasteiger partial charge in [0.15, 0.2) is 11.5 Å². The summed E-state index contributed by atoms with van der Waals surface area (Å²) in [5.74, 6) is -3.42. The van der Waals surface area contributed by atoms with Crippen molar-refractivity contribution in [2.24, 2.45) is 0 Å². The van der Waals surface area contributed by atoms with Crippen molar-refractivity contribution in [3.63, 3.8) is 0 Å². The molecule has 0 unspecified atom stereocenters. The smallest absolute Gasteiger partial charge is 0.419 e. The Labute approximate surface area is 96.4 Å². The molecule has 0 bridgehead atoms. The molecule has 100 valence electrons. The van der Waals surface area contributed by atoms with Gasteiger partial charge in [-0.3, -0.25) is 0 Å². The molecular weight excluding hydrogens is 268 g/mol. The van der Waals surface area contributed by atoms with Crippen LogP contribution in [-0.4, -0.2) is 18.1 Å². The summed E-state index contributed by atoms with van der Waals surface area (Å²) in [4.78, 5) is 13.9. The molecular formula is C9H5F6NO2. The lowest BCUT2D eigenvalue weighted by atomic mass is 10.1. The van der Waals surface area contributed by atoms with Crippen LogP contribution in [0.1, 0.15) is 28.0 Å². The van der Waals surface area contributed by atoms with Gasteiger partial charge in [0, 0.05) is 0 Å². The normalized spacial score (nSPS) is 11.8. The van der Waals surface area contributed by atoms with Crippen LogP contribution in [0.5, 0.6) is 0 Å². The number of pyridine rings is 1. The van der Waals surface area contributed by atoms with Crippen molar-refractivity contribution in [2.75, 3.05) is 7.11 Å². The second-order valence-corrected chi connectivity index (χ2v) is 3.03. The molecule has 0 amide bonds. The number of rotatable bonds is 2. The van der Waals surface area contributed by atoms with Gasteiger partial charge in [0.2, 0.25) is 0 Å². The summed E-state index contributed by atoms with van der Waals surface area (Å²) >= 11 is 0. The molecule has 3 nitrogen and oxygen atoms in total. The number of halogens is 6. The zero-order valence-electron chi connectivity index (χ0n) is 8.69. The molecule has 1 aromatic rings. The maximum atomic E-state index is 13.0. The number of esters is 1. The second-order valence-electron chi connectivity index (χ2n) is 3.03. The molecule has 0 saturated heterocycles. The number of hydrogen-bond donors (Lipinski definition) is 0. The van der Waals surface area contributed by atoms with E-state index in [1.807, 2.05) is 0 Å². The van der Waals surface area contributed by atoms with E-state index in [4.69, 9.17) is 0 Å². The maximum absolute atomic E-state index is 13.0. The third kappa shape index (κ3) is 2.54. The van der Waals surface area contributed by atoms with Crippen LogP contribution in [0.2, 0.25) is 0 Å². The summed E-state index contributed by atoms with van der Waals surface area (Å²) in [5, 5.41) is 0. The minimum Gasteiger partial charge on any atom is -0.464 e. The highest BCUT2D eigenvalue weighted by atomic mass is 19.4. The average Bonchev–Trinajstić information content (AvgIpc) is 2.25. The third-order valence-corrected chi connectivity index (χ3v) is 1.95. The molecule has 0 atom stereocenters. The maximum Gasteiger partial charge on any atom is 0.419 e. The number of carbonyl (C=O) groups is 1. The van der Waals surface area contributed by atoms with Crippen LogP contribution < -0.4 is 0 Å². The Hall–Kier alpha value is -1.80. The molecule has 1 heterocycles. The summed E-state index contributed by atoms with van der Waals surface area (Å²) in [6, 6.07) is 0. The fraction of sp³-hybridized carbons (Fsp3) is 0.333. The number of ether oxygens (including phenoxy) is 1. The second kappa shape index (κ2) is 4.83. The fourth-order valence-corrected chi connectivity index (χ4v) is 1.25. The Morgan fingerprint density at radius 3 is 2.33 bits per heavy atom. The van der Waals surface area contributed by atoms with E-state index in [-0.39, 0.29) is 6.20 Å². The van der Waals surface area contributed by atoms with Crippen LogP contribution in [0.15, 0.2) is 6.20 Å². The molecule has 0 aliphatic heterocycles. The van der Waals surface area contributed by atoms with Crippen molar-refractivity contribution < 1.29 is 35.9 Å². The number of hydrogen-bond acceptors (Lipinski definition) is 3. The first-order valence-electron chi connectivity index (χ1n) is 4.32. The lowest BCUT2D eigenvalue weighted by molar-refractivity contribution is -0.140. The van der Waals surface area contributed by atoms with E-state index in [1.165, 1.54) is 0 Å². The number of carbonyl (C=O) groups excluding carboxylic acids is 1. The van der Waals surface area contributed by atoms with Gasteiger partial charge < -0.3 is 4.74 Å². The molecule has 0 spiro atoms. The highest BCUT2D eigenvalue weighted by Gasteiger charge is 2.43. The molecule has 0 aromatic carbocycles. The van der Waals surface area contributed by atoms with Gasteiger partial charge >= 0.3 is 12.1 Å². The molecule has 0 aliphatic rings. The summed E-state index contributed by atoms with van der Waals surface area (Å²) < 4.78 is 79.6. The lowest BCUT2D eigenvalue weighted by Crippen LogP contribution is -2.20. The van der Waals surface area contributed by atoms with Crippen LogP contribution in [0, 0.1) is 5.82 Å². The van der Waals surface area contributed by atoms with E-state index in [1.54, 1.807) is 0 Å². The third-order valence-electron chi connectivity index (χ3n) is 1.95. The molecule has 9 heteroatoms. The summed E-state index contributed by atoms with van der Waals surface area (Å²) in [6.45, 7) is 0. The minimum absolute atomic E-state index is 0.114. The van der Waals surface area contributed by atoms with Crippen molar-refractivity contribution in [1.82, 2.24) is 4.98 Å². The van der Waals surface area contributed by atoms with E-state index in [0.717, 1.165) is 7.11 Å². The SMILES string of the molecule is COC(=O)c1ncc(F)c(C(F)F)c1C(F)(F)F. The van der Waals surface area contributed by atoms with Gasteiger partial charge in [-0.15, -0.1) is 0 Å². The lowest BCUT2D eigenvalue weighted by Gasteiger charge is -2.15. The van der Waals surface area contributed by atoms with Crippen molar-refractivity contribution in [2.45, 2.75) is 12.6 Å². The standard InChI is InChI=1S/C9H5F6NO2/c1-18-8(17)6-5(9(13,14)15)4(7(11)12)3(10)2-16-6/h2,7H,1H3. The van der Waals surface area contributed by atoms with Gasteiger partial charge in [-0.05, 0) is 0 Å². The van der Waals surface area contributed by atoms with Crippen LogP contribution >= 0.6 is 0 Å². The first kappa shape index (κ1) is 14.3. The number of alkyl halides is 5. The Bertz CT molecular complexity index is 471. The zero-order valence-corrected chi connectivity index (χ0v) is 8.69. The number of nitrogens with zero attached hydrogens (tertiary/aromatic N) is 1. The topological polar surface area (TPSA) is 39.2 Å². The van der Waals surface area contributed by atoms with Gasteiger partial charge in [-0.25, -0.2) is 22.9 Å². The predicted molar refractivity (Wildman–Crippen MR) is 45.5 cm³/mol. The fourth-order valence-electron chi connectivity index (χ4n) is 1.25. The zero-order chi connectivity index (χ0) is 14.1. The Morgan fingerprint density at radius 1 is 1.39 bits per heavy atom. The summed E-state index contributed by atoms with van der Waals surface area (Å²) in [6.07, 6.45) is -8.99. The highest BCUT2D eigenvalue weighted by molar-refractivity contribution is 5.89. The molecule has 18 heavy (non-hydrogen) atoms. The van der Waals surface area contributed by atoms with E-state index in [9.17, 15) is 31.1 Å². The molecule has 0 radical (unpaired) electrons. The predicted octanol–water partition coefficient (Wildman–Crippen LogP) is 2.96. The van der Waals surface area contributed by atoms with Gasteiger partial charge in [-0.1, -0.05) is 0 Å². The van der Waals surface area contributed by atoms with Crippen molar-refractivity contribution in [3.8, 4) is 0 Å². The quantitative estimate of drug-likeness (QED) is 0.614. The van der Waals surface area contributed by atoms with Crippen molar-refractivity contribution in [3.05, 3.63) is 28.8 Å². The van der Waals surface area contributed by atoms with E-state index in [2.05, 4.69) is 9.72 Å². The highest BCUT2D eigenvalue weighted by Crippen LogP contribution is 2.39. The first-order valence-corrected chi connectivity index (χ1v) is 4.32. The number of methoxy groups -OCH3 is 1. The van der Waals surface area contributed by atoms with Gasteiger partial charge in [-0.2, -0.15) is 13.2 Å². The van der Waals surface area contributed by atoms with Crippen molar-refractivity contribution >= 4 is 5.97 Å². The van der Waals surface area contributed by atoms with Crippen LogP contribution in [0.25, 0.3) is 0 Å².